The normalized spacial score (nSPS) is 21.0. The summed E-state index contributed by atoms with van der Waals surface area (Å²) in [6.45, 7) is 4.82. The monoisotopic (exact) mass is 343 g/mol. The first-order chi connectivity index (χ1) is 11.5. The van der Waals surface area contributed by atoms with Gasteiger partial charge in [-0.3, -0.25) is 9.59 Å². The Balaban J connectivity index is 1.47. The van der Waals surface area contributed by atoms with Crippen molar-refractivity contribution in [1.82, 2.24) is 9.88 Å². The molecule has 2 fully saturated rings. The van der Waals surface area contributed by atoms with Gasteiger partial charge in [0.1, 0.15) is 0 Å². The van der Waals surface area contributed by atoms with Crippen LogP contribution in [0.2, 0.25) is 0 Å². The first-order valence-electron chi connectivity index (χ1n) is 8.52. The first-order valence-corrected chi connectivity index (χ1v) is 9.33. The van der Waals surface area contributed by atoms with Crippen molar-refractivity contribution in [3.8, 4) is 0 Å². The number of carbonyl (C=O) groups excluding carboxylic acids is 2. The molecule has 2 heterocycles. The fraction of sp³-hybridized carbons (Fsp3) is 0.500. The van der Waals surface area contributed by atoms with Gasteiger partial charge in [-0.2, -0.15) is 0 Å². The van der Waals surface area contributed by atoms with Gasteiger partial charge in [-0.15, -0.1) is 11.3 Å². The standard InChI is InChI=1S/C18H21N3O2S/c1-10(2)18-20-14-6-3-12(8-15(14)24-18)19-17(23)11-7-16(22)21(9-11)13-4-5-13/h3,6,8,10-11,13H,4-5,7,9H2,1-2H3,(H,19,23)/t11-/m1/s1. The summed E-state index contributed by atoms with van der Waals surface area (Å²) in [7, 11) is 0. The van der Waals surface area contributed by atoms with Crippen molar-refractivity contribution >= 4 is 39.1 Å². The van der Waals surface area contributed by atoms with Crippen LogP contribution < -0.4 is 5.32 Å². The highest BCUT2D eigenvalue weighted by Gasteiger charge is 2.41. The molecule has 1 aliphatic carbocycles. The zero-order valence-corrected chi connectivity index (χ0v) is 14.7. The summed E-state index contributed by atoms with van der Waals surface area (Å²) in [5.41, 5.74) is 1.75. The minimum absolute atomic E-state index is 0.0561. The number of nitrogens with zero attached hydrogens (tertiary/aromatic N) is 2. The Bertz CT molecular complexity index is 810. The van der Waals surface area contributed by atoms with E-state index in [0.717, 1.165) is 33.8 Å². The van der Waals surface area contributed by atoms with Crippen LogP contribution >= 0.6 is 11.3 Å². The Labute approximate surface area is 145 Å². The highest BCUT2D eigenvalue weighted by atomic mass is 32.1. The number of nitrogens with one attached hydrogen (secondary N) is 1. The van der Waals surface area contributed by atoms with Gasteiger partial charge in [-0.25, -0.2) is 4.98 Å². The third-order valence-electron chi connectivity index (χ3n) is 4.68. The predicted octanol–water partition coefficient (Wildman–Crippen LogP) is 3.37. The number of amides is 2. The van der Waals surface area contributed by atoms with E-state index in [4.69, 9.17) is 0 Å². The van der Waals surface area contributed by atoms with Crippen molar-refractivity contribution in [3.05, 3.63) is 23.2 Å². The van der Waals surface area contributed by atoms with Crippen molar-refractivity contribution in [2.45, 2.75) is 45.1 Å². The average molecular weight is 343 g/mol. The second-order valence-electron chi connectivity index (χ2n) is 7.06. The van der Waals surface area contributed by atoms with Crippen LogP contribution in [-0.4, -0.2) is 34.3 Å². The van der Waals surface area contributed by atoms with Crippen LogP contribution in [0.4, 0.5) is 5.69 Å². The molecule has 1 atom stereocenters. The molecule has 6 heteroatoms. The largest absolute Gasteiger partial charge is 0.339 e. The molecule has 4 rings (SSSR count). The molecule has 1 saturated heterocycles. The topological polar surface area (TPSA) is 62.3 Å². The molecule has 1 aromatic heterocycles. The number of aromatic nitrogens is 1. The van der Waals surface area contributed by atoms with Crippen molar-refractivity contribution < 1.29 is 9.59 Å². The van der Waals surface area contributed by atoms with Gasteiger partial charge < -0.3 is 10.2 Å². The quantitative estimate of drug-likeness (QED) is 0.926. The summed E-state index contributed by atoms with van der Waals surface area (Å²) in [5.74, 6) is 0.233. The second-order valence-corrected chi connectivity index (χ2v) is 8.12. The van der Waals surface area contributed by atoms with Crippen LogP contribution in [0.3, 0.4) is 0 Å². The maximum Gasteiger partial charge on any atom is 0.229 e. The molecule has 2 aliphatic rings. The van der Waals surface area contributed by atoms with Gasteiger partial charge in [-0.1, -0.05) is 13.8 Å². The number of hydrogen-bond donors (Lipinski definition) is 1. The summed E-state index contributed by atoms with van der Waals surface area (Å²) >= 11 is 1.67. The number of carbonyl (C=O) groups is 2. The van der Waals surface area contributed by atoms with Crippen LogP contribution in [0.1, 0.15) is 44.0 Å². The molecule has 0 radical (unpaired) electrons. The maximum absolute atomic E-state index is 12.5. The lowest BCUT2D eigenvalue weighted by Gasteiger charge is -2.15. The van der Waals surface area contributed by atoms with Crippen molar-refractivity contribution in [2.75, 3.05) is 11.9 Å². The fourth-order valence-corrected chi connectivity index (χ4v) is 4.17. The summed E-state index contributed by atoms with van der Waals surface area (Å²) < 4.78 is 1.08. The number of rotatable bonds is 4. The Morgan fingerprint density at radius 3 is 2.88 bits per heavy atom. The average Bonchev–Trinajstić information content (AvgIpc) is 3.16. The third kappa shape index (κ3) is 2.90. The van der Waals surface area contributed by atoms with Crippen LogP contribution in [0, 0.1) is 5.92 Å². The Morgan fingerprint density at radius 2 is 2.17 bits per heavy atom. The lowest BCUT2D eigenvalue weighted by molar-refractivity contribution is -0.128. The predicted molar refractivity (Wildman–Crippen MR) is 95.2 cm³/mol. The SMILES string of the molecule is CC(C)c1nc2ccc(NC(=O)[C@@H]3CC(=O)N(C4CC4)C3)cc2s1. The highest BCUT2D eigenvalue weighted by Crippen LogP contribution is 2.33. The molecule has 1 aromatic carbocycles. The zero-order chi connectivity index (χ0) is 16.8. The van der Waals surface area contributed by atoms with E-state index in [9.17, 15) is 9.59 Å². The summed E-state index contributed by atoms with van der Waals surface area (Å²) in [4.78, 5) is 31.0. The molecule has 1 saturated carbocycles. The molecule has 24 heavy (non-hydrogen) atoms. The molecule has 2 aromatic rings. The zero-order valence-electron chi connectivity index (χ0n) is 13.9. The number of thiazole rings is 1. The molecular formula is C18H21N3O2S. The lowest BCUT2D eigenvalue weighted by Crippen LogP contribution is -2.29. The van der Waals surface area contributed by atoms with Gasteiger partial charge in [0.25, 0.3) is 0 Å². The summed E-state index contributed by atoms with van der Waals surface area (Å²) in [6.07, 6.45) is 2.50. The second kappa shape index (κ2) is 5.84. The lowest BCUT2D eigenvalue weighted by atomic mass is 10.1. The van der Waals surface area contributed by atoms with Crippen LogP contribution in [0.15, 0.2) is 18.2 Å². The van der Waals surface area contributed by atoms with Gasteiger partial charge >= 0.3 is 0 Å². The smallest absolute Gasteiger partial charge is 0.229 e. The van der Waals surface area contributed by atoms with Gasteiger partial charge in [-0.05, 0) is 31.0 Å². The molecular weight excluding hydrogens is 322 g/mol. The van der Waals surface area contributed by atoms with E-state index in [1.54, 1.807) is 11.3 Å². The number of benzene rings is 1. The number of hydrogen-bond acceptors (Lipinski definition) is 4. The van der Waals surface area contributed by atoms with Crippen LogP contribution in [-0.2, 0) is 9.59 Å². The molecule has 1 N–H and O–H groups in total. The number of fused-ring (bicyclic) bond motifs is 1. The molecule has 0 unspecified atom stereocenters. The van der Waals surface area contributed by atoms with Crippen LogP contribution in [0.5, 0.6) is 0 Å². The first kappa shape index (κ1) is 15.6. The number of likely N-dealkylation sites (tertiary alicyclic amines) is 1. The van der Waals surface area contributed by atoms with Crippen LogP contribution in [0.25, 0.3) is 10.2 Å². The molecule has 1 aliphatic heterocycles. The molecule has 0 spiro atoms. The highest BCUT2D eigenvalue weighted by molar-refractivity contribution is 7.18. The van der Waals surface area contributed by atoms with Crippen molar-refractivity contribution in [2.24, 2.45) is 5.92 Å². The van der Waals surface area contributed by atoms with Gasteiger partial charge in [0, 0.05) is 30.6 Å². The molecule has 126 valence electrons. The third-order valence-corrected chi connectivity index (χ3v) is 6.00. The van der Waals surface area contributed by atoms with E-state index in [0.29, 0.717) is 24.9 Å². The maximum atomic E-state index is 12.5. The van der Waals surface area contributed by atoms with E-state index < -0.39 is 0 Å². The summed E-state index contributed by atoms with van der Waals surface area (Å²) in [5, 5.41) is 4.08. The van der Waals surface area contributed by atoms with E-state index >= 15 is 0 Å². The van der Waals surface area contributed by atoms with E-state index in [2.05, 4.69) is 24.1 Å². The Hall–Kier alpha value is -1.95. The molecule has 0 bridgehead atoms. The minimum Gasteiger partial charge on any atom is -0.339 e. The summed E-state index contributed by atoms with van der Waals surface area (Å²) in [6, 6.07) is 6.20. The van der Waals surface area contributed by atoms with E-state index in [-0.39, 0.29) is 17.7 Å². The molecule has 2 amide bonds. The fourth-order valence-electron chi connectivity index (χ4n) is 3.16. The Morgan fingerprint density at radius 1 is 1.38 bits per heavy atom. The van der Waals surface area contributed by atoms with Crippen molar-refractivity contribution in [1.29, 1.82) is 0 Å². The van der Waals surface area contributed by atoms with Crippen molar-refractivity contribution in [3.63, 3.8) is 0 Å². The van der Waals surface area contributed by atoms with Gasteiger partial charge in [0.05, 0.1) is 21.1 Å². The van der Waals surface area contributed by atoms with Gasteiger partial charge in [0.15, 0.2) is 0 Å². The minimum atomic E-state index is -0.235. The molecule has 5 nitrogen and oxygen atoms in total. The number of anilines is 1. The Kier molecular flexibility index (Phi) is 3.79. The van der Waals surface area contributed by atoms with E-state index in [1.807, 2.05) is 23.1 Å². The van der Waals surface area contributed by atoms with E-state index in [1.165, 1.54) is 0 Å². The van der Waals surface area contributed by atoms with Gasteiger partial charge in [0.2, 0.25) is 11.8 Å².